The van der Waals surface area contributed by atoms with Crippen molar-refractivity contribution in [3.63, 3.8) is 0 Å². The lowest BCUT2D eigenvalue weighted by molar-refractivity contribution is -0.121. The molecule has 0 saturated heterocycles. The monoisotopic (exact) mass is 411 g/mol. The van der Waals surface area contributed by atoms with Gasteiger partial charge < -0.3 is 10.6 Å². The number of thioether (sulfide) groups is 1. The molecule has 0 aromatic heterocycles. The zero-order valence-electron chi connectivity index (χ0n) is 15.2. The van der Waals surface area contributed by atoms with Crippen LogP contribution in [0.5, 0.6) is 0 Å². The fourth-order valence-corrected chi connectivity index (χ4v) is 3.89. The van der Waals surface area contributed by atoms with Gasteiger partial charge in [0.05, 0.1) is 22.4 Å². The highest BCUT2D eigenvalue weighted by Crippen LogP contribution is 2.36. The summed E-state index contributed by atoms with van der Waals surface area (Å²) in [4.78, 5) is 24.4. The number of carbonyl (C=O) groups is 2. The summed E-state index contributed by atoms with van der Waals surface area (Å²) in [5.74, 6) is -0.650. The Labute approximate surface area is 172 Å². The van der Waals surface area contributed by atoms with E-state index >= 15 is 0 Å². The normalized spacial score (nSPS) is 16.3. The average molecular weight is 412 g/mol. The molecule has 0 aliphatic carbocycles. The van der Waals surface area contributed by atoms with Gasteiger partial charge in [0.1, 0.15) is 0 Å². The SMILES string of the molecule is Cc1ccc(NC(=O)CSC2=C(C#N)C(c3ccc(Cl)cc3)CC(=O)N2)cc1. The molecule has 1 aliphatic heterocycles. The maximum atomic E-state index is 12.2. The number of nitrogens with zero attached hydrogens (tertiary/aromatic N) is 1. The fraction of sp³-hybridized carbons (Fsp3) is 0.190. The van der Waals surface area contributed by atoms with Gasteiger partial charge in [-0.05, 0) is 36.8 Å². The van der Waals surface area contributed by atoms with Crippen LogP contribution in [0, 0.1) is 18.3 Å². The minimum absolute atomic E-state index is 0.0853. The van der Waals surface area contributed by atoms with Crippen LogP contribution < -0.4 is 10.6 Å². The van der Waals surface area contributed by atoms with E-state index in [9.17, 15) is 14.9 Å². The number of halogens is 1. The van der Waals surface area contributed by atoms with Crippen molar-refractivity contribution in [2.24, 2.45) is 0 Å². The molecule has 5 nitrogen and oxygen atoms in total. The fourth-order valence-electron chi connectivity index (χ4n) is 2.88. The zero-order valence-corrected chi connectivity index (χ0v) is 16.7. The largest absolute Gasteiger partial charge is 0.325 e. The van der Waals surface area contributed by atoms with E-state index in [1.54, 1.807) is 12.1 Å². The minimum Gasteiger partial charge on any atom is -0.325 e. The van der Waals surface area contributed by atoms with Crippen LogP contribution in [0.2, 0.25) is 5.02 Å². The summed E-state index contributed by atoms with van der Waals surface area (Å²) in [7, 11) is 0. The first-order valence-electron chi connectivity index (χ1n) is 8.65. The first-order chi connectivity index (χ1) is 13.5. The number of nitrogens with one attached hydrogen (secondary N) is 2. The van der Waals surface area contributed by atoms with Gasteiger partial charge in [0.15, 0.2) is 0 Å². The molecule has 1 atom stereocenters. The summed E-state index contributed by atoms with van der Waals surface area (Å²) < 4.78 is 0. The predicted molar refractivity (Wildman–Crippen MR) is 112 cm³/mol. The minimum atomic E-state index is -0.348. The molecule has 1 heterocycles. The molecular weight excluding hydrogens is 394 g/mol. The van der Waals surface area contributed by atoms with Gasteiger partial charge >= 0.3 is 0 Å². The number of anilines is 1. The zero-order chi connectivity index (χ0) is 20.1. The highest BCUT2D eigenvalue weighted by molar-refractivity contribution is 8.03. The molecule has 142 valence electrons. The molecule has 28 heavy (non-hydrogen) atoms. The Morgan fingerprint density at radius 3 is 2.57 bits per heavy atom. The Kier molecular flexibility index (Phi) is 6.40. The van der Waals surface area contributed by atoms with Crippen molar-refractivity contribution >= 4 is 40.9 Å². The van der Waals surface area contributed by atoms with E-state index in [1.165, 1.54) is 0 Å². The molecule has 0 saturated carbocycles. The van der Waals surface area contributed by atoms with Crippen LogP contribution in [-0.4, -0.2) is 17.6 Å². The van der Waals surface area contributed by atoms with Gasteiger partial charge in [-0.2, -0.15) is 5.26 Å². The number of carbonyl (C=O) groups excluding carboxylic acids is 2. The lowest BCUT2D eigenvalue weighted by Gasteiger charge is -2.25. The summed E-state index contributed by atoms with van der Waals surface area (Å²) in [5.41, 5.74) is 3.11. The third-order valence-electron chi connectivity index (χ3n) is 4.31. The van der Waals surface area contributed by atoms with Crippen LogP contribution in [0.1, 0.15) is 23.5 Å². The molecule has 1 unspecified atom stereocenters. The van der Waals surface area contributed by atoms with E-state index in [1.807, 2.05) is 43.3 Å². The highest BCUT2D eigenvalue weighted by Gasteiger charge is 2.29. The van der Waals surface area contributed by atoms with Crippen molar-refractivity contribution in [1.82, 2.24) is 5.32 Å². The Balaban J connectivity index is 1.73. The van der Waals surface area contributed by atoms with Crippen LogP contribution in [0.3, 0.4) is 0 Å². The third-order valence-corrected chi connectivity index (χ3v) is 5.58. The Morgan fingerprint density at radius 2 is 1.93 bits per heavy atom. The molecule has 7 heteroatoms. The second kappa shape index (κ2) is 8.96. The highest BCUT2D eigenvalue weighted by atomic mass is 35.5. The number of nitriles is 1. The second-order valence-electron chi connectivity index (χ2n) is 6.41. The summed E-state index contributed by atoms with van der Waals surface area (Å²) in [5, 5.41) is 16.2. The molecule has 3 rings (SSSR count). The van der Waals surface area contributed by atoms with Crippen molar-refractivity contribution in [3.05, 3.63) is 75.3 Å². The van der Waals surface area contributed by atoms with Gasteiger partial charge in [-0.25, -0.2) is 0 Å². The van der Waals surface area contributed by atoms with Crippen molar-refractivity contribution in [2.75, 3.05) is 11.1 Å². The number of hydrogen-bond acceptors (Lipinski definition) is 4. The van der Waals surface area contributed by atoms with Crippen LogP contribution in [0.4, 0.5) is 5.69 Å². The van der Waals surface area contributed by atoms with E-state index < -0.39 is 0 Å². The second-order valence-corrected chi connectivity index (χ2v) is 7.84. The van der Waals surface area contributed by atoms with Gasteiger partial charge in [-0.1, -0.05) is 53.2 Å². The van der Waals surface area contributed by atoms with Gasteiger partial charge in [-0.3, -0.25) is 9.59 Å². The lowest BCUT2D eigenvalue weighted by atomic mass is 9.87. The predicted octanol–water partition coefficient (Wildman–Crippen LogP) is 4.36. The average Bonchev–Trinajstić information content (AvgIpc) is 2.68. The lowest BCUT2D eigenvalue weighted by Crippen LogP contribution is -2.31. The summed E-state index contributed by atoms with van der Waals surface area (Å²) >= 11 is 7.09. The van der Waals surface area contributed by atoms with Crippen molar-refractivity contribution < 1.29 is 9.59 Å². The van der Waals surface area contributed by atoms with Gasteiger partial charge in [0.2, 0.25) is 11.8 Å². The first kappa shape index (κ1) is 20.0. The Morgan fingerprint density at radius 1 is 1.25 bits per heavy atom. The maximum Gasteiger partial charge on any atom is 0.234 e. The van der Waals surface area contributed by atoms with Crippen molar-refractivity contribution in [1.29, 1.82) is 5.26 Å². The smallest absolute Gasteiger partial charge is 0.234 e. The van der Waals surface area contributed by atoms with E-state index in [4.69, 9.17) is 11.6 Å². The number of rotatable bonds is 5. The maximum absolute atomic E-state index is 12.2. The summed E-state index contributed by atoms with van der Waals surface area (Å²) in [6.07, 6.45) is 0.185. The van der Waals surface area contributed by atoms with Crippen molar-refractivity contribution in [2.45, 2.75) is 19.3 Å². The molecule has 2 aromatic carbocycles. The topological polar surface area (TPSA) is 82.0 Å². The number of allylic oxidation sites excluding steroid dienone is 1. The van der Waals surface area contributed by atoms with Gasteiger partial charge in [0, 0.05) is 23.0 Å². The van der Waals surface area contributed by atoms with Crippen LogP contribution in [0.25, 0.3) is 0 Å². The number of amides is 2. The van der Waals surface area contributed by atoms with Crippen LogP contribution in [-0.2, 0) is 9.59 Å². The van der Waals surface area contributed by atoms with E-state index in [-0.39, 0.29) is 29.9 Å². The van der Waals surface area contributed by atoms with Crippen LogP contribution >= 0.6 is 23.4 Å². The third kappa shape index (κ3) is 4.94. The molecular formula is C21H18ClN3O2S. The van der Waals surface area contributed by atoms with Crippen molar-refractivity contribution in [3.8, 4) is 6.07 Å². The number of hydrogen-bond donors (Lipinski definition) is 2. The molecule has 0 spiro atoms. The quantitative estimate of drug-likeness (QED) is 0.765. The molecule has 0 radical (unpaired) electrons. The summed E-state index contributed by atoms with van der Waals surface area (Å²) in [6.45, 7) is 1.97. The van der Waals surface area contributed by atoms with E-state index in [0.717, 1.165) is 22.9 Å². The number of benzene rings is 2. The van der Waals surface area contributed by atoms with E-state index in [0.29, 0.717) is 21.3 Å². The molecule has 2 N–H and O–H groups in total. The van der Waals surface area contributed by atoms with Crippen LogP contribution in [0.15, 0.2) is 59.1 Å². The number of aryl methyl sites for hydroxylation is 1. The first-order valence-corrected chi connectivity index (χ1v) is 10.0. The molecule has 0 fully saturated rings. The molecule has 0 bridgehead atoms. The Hall–Kier alpha value is -2.75. The molecule has 2 amide bonds. The molecule has 2 aromatic rings. The van der Waals surface area contributed by atoms with Gasteiger partial charge in [-0.15, -0.1) is 0 Å². The Bertz CT molecular complexity index is 963. The standard InChI is InChI=1S/C21H18ClN3O2S/c1-13-2-8-16(9-3-13)24-20(27)12-28-21-18(11-23)17(10-19(26)25-21)14-4-6-15(22)7-5-14/h2-9,17H,10,12H2,1H3,(H,24,27)(H,25,26). The summed E-state index contributed by atoms with van der Waals surface area (Å²) in [6, 6.07) is 16.8. The van der Waals surface area contributed by atoms with Gasteiger partial charge in [0.25, 0.3) is 0 Å². The molecule has 1 aliphatic rings. The van der Waals surface area contributed by atoms with E-state index in [2.05, 4.69) is 16.7 Å².